The van der Waals surface area contributed by atoms with Gasteiger partial charge in [-0.15, -0.1) is 11.3 Å². The number of nitrogens with one attached hydrogen (secondary N) is 2. The predicted octanol–water partition coefficient (Wildman–Crippen LogP) is 5.14. The van der Waals surface area contributed by atoms with Gasteiger partial charge in [-0.1, -0.05) is 17.7 Å². The fraction of sp³-hybridized carbons (Fsp3) is 0.522. The van der Waals surface area contributed by atoms with Gasteiger partial charge in [-0.2, -0.15) is 13.2 Å². The van der Waals surface area contributed by atoms with Crippen LogP contribution < -0.4 is 10.6 Å². The maximum Gasteiger partial charge on any atom is 0.393 e. The Morgan fingerprint density at radius 2 is 2.06 bits per heavy atom. The van der Waals surface area contributed by atoms with Crippen molar-refractivity contribution in [1.29, 1.82) is 0 Å². The van der Waals surface area contributed by atoms with Crippen LogP contribution in [0.25, 0.3) is 16.2 Å². The summed E-state index contributed by atoms with van der Waals surface area (Å²) in [5.74, 6) is 0.0171. The lowest BCUT2D eigenvalue weighted by Crippen LogP contribution is -2.45. The van der Waals surface area contributed by atoms with Crippen LogP contribution in [0.5, 0.6) is 0 Å². The minimum Gasteiger partial charge on any atom is -0.378 e. The third-order valence-electron chi connectivity index (χ3n) is 6.16. The number of rotatable bonds is 4. The number of thiophene rings is 1. The highest BCUT2D eigenvalue weighted by Gasteiger charge is 2.32. The molecule has 1 aromatic heterocycles. The lowest BCUT2D eigenvalue weighted by molar-refractivity contribution is -0.129. The number of anilines is 1. The van der Waals surface area contributed by atoms with Gasteiger partial charge in [0.05, 0.1) is 22.8 Å². The molecule has 0 radical (unpaired) electrons. The summed E-state index contributed by atoms with van der Waals surface area (Å²) in [4.78, 5) is 13.9. The number of alkyl halides is 4. The van der Waals surface area contributed by atoms with E-state index in [1.165, 1.54) is 18.3 Å². The van der Waals surface area contributed by atoms with Gasteiger partial charge in [0.15, 0.2) is 0 Å². The molecule has 0 aliphatic carbocycles. The van der Waals surface area contributed by atoms with E-state index in [4.69, 9.17) is 0 Å². The molecule has 0 spiro atoms. The summed E-state index contributed by atoms with van der Waals surface area (Å²) in [5, 5.41) is 6.83. The van der Waals surface area contributed by atoms with E-state index in [-0.39, 0.29) is 24.1 Å². The molecule has 3 heterocycles. The first-order chi connectivity index (χ1) is 15.2. The zero-order chi connectivity index (χ0) is 22.9. The summed E-state index contributed by atoms with van der Waals surface area (Å²) >= 11 is 1.32. The molecule has 2 atom stereocenters. The van der Waals surface area contributed by atoms with E-state index in [0.717, 1.165) is 10.3 Å². The topological polar surface area (TPSA) is 44.4 Å². The Labute approximate surface area is 188 Å². The third-order valence-corrected chi connectivity index (χ3v) is 7.39. The van der Waals surface area contributed by atoms with Gasteiger partial charge in [0.2, 0.25) is 5.91 Å². The van der Waals surface area contributed by atoms with Crippen molar-refractivity contribution in [2.45, 2.75) is 51.0 Å². The van der Waals surface area contributed by atoms with Gasteiger partial charge >= 0.3 is 6.18 Å². The Hall–Kier alpha value is -2.13. The van der Waals surface area contributed by atoms with Gasteiger partial charge in [0, 0.05) is 31.4 Å². The number of nitrogens with zero attached hydrogens (tertiary/aromatic N) is 1. The molecule has 1 amide bonds. The van der Waals surface area contributed by atoms with Crippen LogP contribution in [0.4, 0.5) is 23.2 Å². The van der Waals surface area contributed by atoms with Gasteiger partial charge < -0.3 is 15.5 Å². The highest BCUT2D eigenvalue weighted by Crippen LogP contribution is 2.41. The maximum atomic E-state index is 14.3. The van der Waals surface area contributed by atoms with Crippen molar-refractivity contribution in [3.8, 4) is 0 Å². The molecule has 174 valence electrons. The average Bonchev–Trinajstić information content (AvgIpc) is 3.07. The minimum absolute atomic E-state index is 0.0171. The van der Waals surface area contributed by atoms with E-state index in [1.807, 2.05) is 12.1 Å². The van der Waals surface area contributed by atoms with E-state index >= 15 is 0 Å². The first kappa shape index (κ1) is 23.0. The number of carbonyl (C=O) groups is 1. The molecule has 0 bridgehead atoms. The van der Waals surface area contributed by atoms with Crippen molar-refractivity contribution >= 4 is 39.1 Å². The minimum atomic E-state index is -4.33. The molecular formula is C23H27F4N3OS. The molecule has 2 fully saturated rings. The van der Waals surface area contributed by atoms with Gasteiger partial charge in [0.1, 0.15) is 6.17 Å². The average molecular weight is 470 g/mol. The number of benzene rings is 1. The lowest BCUT2D eigenvalue weighted by atomic mass is 10.00. The highest BCUT2D eigenvalue weighted by molar-refractivity contribution is 7.20. The molecule has 0 unspecified atom stereocenters. The molecule has 0 saturated carbocycles. The van der Waals surface area contributed by atoms with Crippen molar-refractivity contribution < 1.29 is 22.4 Å². The number of carbonyl (C=O) groups excluding carboxylic acids is 1. The summed E-state index contributed by atoms with van der Waals surface area (Å²) in [6.07, 6.45) is -2.60. The van der Waals surface area contributed by atoms with E-state index < -0.39 is 18.8 Å². The molecule has 4 nitrogen and oxygen atoms in total. The lowest BCUT2D eigenvalue weighted by Gasteiger charge is -2.28. The van der Waals surface area contributed by atoms with Crippen LogP contribution >= 0.6 is 11.3 Å². The standard InChI is InChI=1S/C23H27F4N3OS/c1-14(31)30-9-6-15(7-10-30)11-21-17(12-23(25,26)27)16-3-2-4-20(22(16)32-21)29-19-5-8-28-13-18(19)24/h2-4,11,18-19,28-29H,5-10,12-13H2,1H3/t18-,19+/m0/s1. The zero-order valence-corrected chi connectivity index (χ0v) is 18.7. The van der Waals surface area contributed by atoms with E-state index in [0.29, 0.717) is 54.8 Å². The van der Waals surface area contributed by atoms with Crippen LogP contribution in [-0.4, -0.2) is 55.4 Å². The summed E-state index contributed by atoms with van der Waals surface area (Å²) < 4.78 is 55.4. The van der Waals surface area contributed by atoms with E-state index in [2.05, 4.69) is 10.6 Å². The Balaban J connectivity index is 1.69. The number of likely N-dealkylation sites (tertiary alicyclic amines) is 1. The molecule has 2 aliphatic heterocycles. The highest BCUT2D eigenvalue weighted by atomic mass is 32.1. The number of hydrogen-bond acceptors (Lipinski definition) is 4. The van der Waals surface area contributed by atoms with Crippen LogP contribution in [0.1, 0.15) is 36.6 Å². The van der Waals surface area contributed by atoms with Gasteiger partial charge in [-0.3, -0.25) is 4.79 Å². The Morgan fingerprint density at radius 1 is 1.31 bits per heavy atom. The number of hydrogen-bond donors (Lipinski definition) is 2. The molecule has 2 N–H and O–H groups in total. The fourth-order valence-corrected chi connectivity index (χ4v) is 5.71. The Morgan fingerprint density at radius 3 is 2.72 bits per heavy atom. The molecule has 1 aromatic carbocycles. The summed E-state index contributed by atoms with van der Waals surface area (Å²) in [6.45, 7) is 3.67. The first-order valence-corrected chi connectivity index (χ1v) is 11.7. The van der Waals surface area contributed by atoms with Crippen molar-refractivity contribution in [2.75, 3.05) is 31.5 Å². The second kappa shape index (κ2) is 9.39. The van der Waals surface area contributed by atoms with Crippen LogP contribution in [-0.2, 0) is 11.2 Å². The van der Waals surface area contributed by atoms with Crippen molar-refractivity contribution in [3.63, 3.8) is 0 Å². The van der Waals surface area contributed by atoms with Crippen LogP contribution in [0.15, 0.2) is 23.8 Å². The van der Waals surface area contributed by atoms with Gasteiger partial charge in [0.25, 0.3) is 0 Å². The maximum absolute atomic E-state index is 14.3. The zero-order valence-electron chi connectivity index (χ0n) is 17.9. The molecule has 2 aromatic rings. The second-order valence-corrected chi connectivity index (χ2v) is 9.54. The van der Waals surface area contributed by atoms with Gasteiger partial charge in [-0.05, 0) is 48.9 Å². The van der Waals surface area contributed by atoms with E-state index in [1.54, 1.807) is 17.0 Å². The molecule has 2 saturated heterocycles. The molecule has 4 rings (SSSR count). The quantitative estimate of drug-likeness (QED) is 0.610. The van der Waals surface area contributed by atoms with Gasteiger partial charge in [-0.25, -0.2) is 4.39 Å². The first-order valence-electron chi connectivity index (χ1n) is 10.9. The smallest absolute Gasteiger partial charge is 0.378 e. The van der Waals surface area contributed by atoms with Crippen molar-refractivity contribution in [2.24, 2.45) is 0 Å². The number of piperidine rings is 2. The third kappa shape index (κ3) is 5.26. The monoisotopic (exact) mass is 469 g/mol. The number of halogens is 4. The van der Waals surface area contributed by atoms with Crippen LogP contribution in [0, 0.1) is 0 Å². The molecule has 32 heavy (non-hydrogen) atoms. The second-order valence-electron chi connectivity index (χ2n) is 8.49. The Kier molecular flexibility index (Phi) is 6.76. The normalized spacial score (nSPS) is 22.3. The molecule has 9 heteroatoms. The number of amides is 1. The molecular weight excluding hydrogens is 442 g/mol. The van der Waals surface area contributed by atoms with Crippen LogP contribution in [0.2, 0.25) is 0 Å². The summed E-state index contributed by atoms with van der Waals surface area (Å²) in [7, 11) is 0. The largest absolute Gasteiger partial charge is 0.393 e. The van der Waals surface area contributed by atoms with Crippen LogP contribution in [0.3, 0.4) is 0 Å². The molecule has 2 aliphatic rings. The number of fused-ring (bicyclic) bond motifs is 1. The SMILES string of the molecule is CC(=O)N1CCC(=Cc2sc3c(N[C@@H]4CCNC[C@@H]4F)cccc3c2CC(F)(F)F)CC1. The predicted molar refractivity (Wildman–Crippen MR) is 121 cm³/mol. The van der Waals surface area contributed by atoms with E-state index in [9.17, 15) is 22.4 Å². The fourth-order valence-electron chi connectivity index (χ4n) is 4.42. The van der Waals surface area contributed by atoms with Crippen molar-refractivity contribution in [1.82, 2.24) is 10.2 Å². The summed E-state index contributed by atoms with van der Waals surface area (Å²) in [5.41, 5.74) is 2.00. The Bertz CT molecular complexity index is 1010. The van der Waals surface area contributed by atoms with Crippen molar-refractivity contribution in [3.05, 3.63) is 34.2 Å². The summed E-state index contributed by atoms with van der Waals surface area (Å²) in [6, 6.07) is 4.89.